The number of nitrogens with one attached hydrogen (secondary N) is 1. The Hall–Kier alpha value is -0.820. The van der Waals surface area contributed by atoms with Crippen molar-refractivity contribution in [2.75, 3.05) is 6.54 Å². The molecule has 1 N–H and O–H groups in total. The van der Waals surface area contributed by atoms with Crippen molar-refractivity contribution in [3.63, 3.8) is 0 Å². The van der Waals surface area contributed by atoms with E-state index in [1.54, 1.807) is 0 Å². The molecule has 1 nitrogen and oxygen atoms in total. The number of hydrogen-bond donors (Lipinski definition) is 1. The molecule has 0 spiro atoms. The maximum atomic E-state index is 3.55. The van der Waals surface area contributed by atoms with Gasteiger partial charge in [0.15, 0.2) is 0 Å². The molecule has 0 saturated heterocycles. The van der Waals surface area contributed by atoms with E-state index in [0.717, 1.165) is 6.54 Å². The summed E-state index contributed by atoms with van der Waals surface area (Å²) in [5.74, 6) is 0. The molecule has 1 aromatic carbocycles. The SMILES string of the molecule is CCCCc1ccc(CCCCCCNC(C)(C)C)cc1. The first kappa shape index (κ1) is 18.2. The molecule has 0 aliphatic heterocycles. The third kappa shape index (κ3) is 9.68. The third-order valence-corrected chi connectivity index (χ3v) is 3.89. The lowest BCUT2D eigenvalue weighted by atomic mass is 10.0. The van der Waals surface area contributed by atoms with Gasteiger partial charge < -0.3 is 5.32 Å². The van der Waals surface area contributed by atoms with E-state index < -0.39 is 0 Å². The molecule has 120 valence electrons. The summed E-state index contributed by atoms with van der Waals surface area (Å²) >= 11 is 0. The molecule has 0 fully saturated rings. The lowest BCUT2D eigenvalue weighted by molar-refractivity contribution is 0.416. The summed E-state index contributed by atoms with van der Waals surface area (Å²) in [4.78, 5) is 0. The molecular formula is C20H35N. The summed E-state index contributed by atoms with van der Waals surface area (Å²) in [6.07, 6.45) is 10.4. The van der Waals surface area contributed by atoms with Crippen molar-refractivity contribution in [1.82, 2.24) is 5.32 Å². The normalized spacial score (nSPS) is 11.8. The number of unbranched alkanes of at least 4 members (excludes halogenated alkanes) is 4. The molecule has 0 aliphatic carbocycles. The Balaban J connectivity index is 2.07. The van der Waals surface area contributed by atoms with Crippen LogP contribution in [0.4, 0.5) is 0 Å². The highest BCUT2D eigenvalue weighted by Gasteiger charge is 2.06. The Bertz CT molecular complexity index is 358. The minimum absolute atomic E-state index is 0.263. The Morgan fingerprint density at radius 2 is 1.29 bits per heavy atom. The molecule has 0 amide bonds. The van der Waals surface area contributed by atoms with Crippen LogP contribution in [0.1, 0.15) is 77.3 Å². The smallest absolute Gasteiger partial charge is 0.00965 e. The van der Waals surface area contributed by atoms with Gasteiger partial charge >= 0.3 is 0 Å². The summed E-state index contributed by atoms with van der Waals surface area (Å²) < 4.78 is 0. The van der Waals surface area contributed by atoms with E-state index in [1.165, 1.54) is 62.5 Å². The van der Waals surface area contributed by atoms with E-state index in [4.69, 9.17) is 0 Å². The van der Waals surface area contributed by atoms with Gasteiger partial charge in [0.1, 0.15) is 0 Å². The molecule has 0 bridgehead atoms. The first-order valence-electron chi connectivity index (χ1n) is 8.84. The van der Waals surface area contributed by atoms with Crippen LogP contribution in [-0.2, 0) is 12.8 Å². The fourth-order valence-electron chi connectivity index (χ4n) is 2.52. The summed E-state index contributed by atoms with van der Waals surface area (Å²) in [6.45, 7) is 10.1. The Morgan fingerprint density at radius 1 is 0.762 bits per heavy atom. The molecule has 0 radical (unpaired) electrons. The van der Waals surface area contributed by atoms with Crippen molar-refractivity contribution in [2.45, 2.75) is 84.6 Å². The van der Waals surface area contributed by atoms with E-state index in [-0.39, 0.29) is 5.54 Å². The zero-order chi connectivity index (χ0) is 15.6. The largest absolute Gasteiger partial charge is 0.312 e. The van der Waals surface area contributed by atoms with Crippen LogP contribution >= 0.6 is 0 Å². The van der Waals surface area contributed by atoms with Gasteiger partial charge in [-0.1, -0.05) is 50.5 Å². The van der Waals surface area contributed by atoms with E-state index in [0.29, 0.717) is 0 Å². The Labute approximate surface area is 132 Å². The average Bonchev–Trinajstić information content (AvgIpc) is 2.44. The number of rotatable bonds is 10. The zero-order valence-corrected chi connectivity index (χ0v) is 14.7. The van der Waals surface area contributed by atoms with Crippen molar-refractivity contribution >= 4 is 0 Å². The zero-order valence-electron chi connectivity index (χ0n) is 14.7. The van der Waals surface area contributed by atoms with E-state index in [1.807, 2.05) is 0 Å². The lowest BCUT2D eigenvalue weighted by Crippen LogP contribution is -2.36. The quantitative estimate of drug-likeness (QED) is 0.559. The van der Waals surface area contributed by atoms with Crippen molar-refractivity contribution in [1.29, 1.82) is 0 Å². The maximum Gasteiger partial charge on any atom is 0.00965 e. The predicted molar refractivity (Wildman–Crippen MR) is 95.0 cm³/mol. The average molecular weight is 290 g/mol. The van der Waals surface area contributed by atoms with Crippen LogP contribution in [0, 0.1) is 0 Å². The van der Waals surface area contributed by atoms with Gasteiger partial charge in [0.05, 0.1) is 0 Å². The van der Waals surface area contributed by atoms with E-state index in [2.05, 4.69) is 57.3 Å². The predicted octanol–water partition coefficient (Wildman–Crippen LogP) is 5.52. The standard InChI is InChI=1S/C20H35N/c1-5-6-11-18-13-15-19(16-14-18)12-9-7-8-10-17-21-20(2,3)4/h13-16,21H,5-12,17H2,1-4H3. The topological polar surface area (TPSA) is 12.0 Å². The van der Waals surface area contributed by atoms with Gasteiger partial charge in [-0.15, -0.1) is 0 Å². The molecular weight excluding hydrogens is 254 g/mol. The minimum atomic E-state index is 0.263. The van der Waals surface area contributed by atoms with Crippen LogP contribution in [0.2, 0.25) is 0 Å². The third-order valence-electron chi connectivity index (χ3n) is 3.89. The van der Waals surface area contributed by atoms with Crippen LogP contribution < -0.4 is 5.32 Å². The van der Waals surface area contributed by atoms with Crippen LogP contribution in [0.3, 0.4) is 0 Å². The van der Waals surface area contributed by atoms with Gasteiger partial charge in [-0.3, -0.25) is 0 Å². The van der Waals surface area contributed by atoms with Crippen LogP contribution in [0.5, 0.6) is 0 Å². The molecule has 0 aliphatic rings. The number of hydrogen-bond acceptors (Lipinski definition) is 1. The van der Waals surface area contributed by atoms with Gasteiger partial charge in [0, 0.05) is 5.54 Å². The van der Waals surface area contributed by atoms with Crippen molar-refractivity contribution in [3.8, 4) is 0 Å². The fourth-order valence-corrected chi connectivity index (χ4v) is 2.52. The van der Waals surface area contributed by atoms with Gasteiger partial charge in [-0.25, -0.2) is 0 Å². The number of benzene rings is 1. The molecule has 1 heteroatoms. The second-order valence-electron chi connectivity index (χ2n) is 7.26. The van der Waals surface area contributed by atoms with E-state index in [9.17, 15) is 0 Å². The summed E-state index contributed by atoms with van der Waals surface area (Å²) in [5, 5.41) is 3.55. The van der Waals surface area contributed by atoms with Crippen LogP contribution in [-0.4, -0.2) is 12.1 Å². The molecule has 1 aromatic rings. The molecule has 21 heavy (non-hydrogen) atoms. The monoisotopic (exact) mass is 289 g/mol. The number of aryl methyl sites for hydroxylation is 2. The van der Waals surface area contributed by atoms with Crippen molar-refractivity contribution in [3.05, 3.63) is 35.4 Å². The minimum Gasteiger partial charge on any atom is -0.312 e. The first-order valence-corrected chi connectivity index (χ1v) is 8.84. The second-order valence-corrected chi connectivity index (χ2v) is 7.26. The highest BCUT2D eigenvalue weighted by atomic mass is 14.9. The van der Waals surface area contributed by atoms with Gasteiger partial charge in [-0.2, -0.15) is 0 Å². The Kier molecular flexibility index (Phi) is 8.68. The van der Waals surface area contributed by atoms with Gasteiger partial charge in [0.2, 0.25) is 0 Å². The maximum absolute atomic E-state index is 3.55. The summed E-state index contributed by atoms with van der Waals surface area (Å²) in [6, 6.07) is 9.29. The Morgan fingerprint density at radius 3 is 1.81 bits per heavy atom. The first-order chi connectivity index (χ1) is 10.0. The molecule has 0 atom stereocenters. The summed E-state index contributed by atoms with van der Waals surface area (Å²) in [5.41, 5.74) is 3.26. The van der Waals surface area contributed by atoms with Crippen LogP contribution in [0.25, 0.3) is 0 Å². The van der Waals surface area contributed by atoms with Crippen molar-refractivity contribution in [2.24, 2.45) is 0 Å². The highest BCUT2D eigenvalue weighted by molar-refractivity contribution is 5.22. The molecule has 1 rings (SSSR count). The lowest BCUT2D eigenvalue weighted by Gasteiger charge is -2.20. The molecule has 0 unspecified atom stereocenters. The molecule has 0 heterocycles. The molecule has 0 aromatic heterocycles. The van der Waals surface area contributed by atoms with Crippen molar-refractivity contribution < 1.29 is 0 Å². The van der Waals surface area contributed by atoms with Crippen LogP contribution in [0.15, 0.2) is 24.3 Å². The molecule has 0 saturated carbocycles. The van der Waals surface area contributed by atoms with E-state index >= 15 is 0 Å². The highest BCUT2D eigenvalue weighted by Crippen LogP contribution is 2.11. The second kappa shape index (κ2) is 10.00. The summed E-state index contributed by atoms with van der Waals surface area (Å²) in [7, 11) is 0. The van der Waals surface area contributed by atoms with Gasteiger partial charge in [-0.05, 0) is 70.5 Å². The fraction of sp³-hybridized carbons (Fsp3) is 0.700. The van der Waals surface area contributed by atoms with Gasteiger partial charge in [0.25, 0.3) is 0 Å².